The van der Waals surface area contributed by atoms with Gasteiger partial charge >= 0.3 is 0 Å². The predicted molar refractivity (Wildman–Crippen MR) is 105 cm³/mol. The van der Waals surface area contributed by atoms with Crippen molar-refractivity contribution in [1.29, 1.82) is 0 Å². The van der Waals surface area contributed by atoms with Crippen LogP contribution < -0.4 is 5.56 Å². The molecular weight excluding hydrogens is 394 g/mol. The van der Waals surface area contributed by atoms with E-state index >= 15 is 0 Å². The predicted octanol–water partition coefficient (Wildman–Crippen LogP) is 5.34. The van der Waals surface area contributed by atoms with Gasteiger partial charge in [0.15, 0.2) is 5.16 Å². The molecule has 7 heteroatoms. The van der Waals surface area contributed by atoms with Crippen LogP contribution >= 0.6 is 35.0 Å². The molecule has 0 spiro atoms. The van der Waals surface area contributed by atoms with Crippen molar-refractivity contribution in [3.63, 3.8) is 0 Å². The molecule has 0 N–H and O–H groups in total. The molecule has 0 radical (unpaired) electrons. The van der Waals surface area contributed by atoms with Crippen LogP contribution in [-0.4, -0.2) is 9.55 Å². The Morgan fingerprint density at radius 2 is 1.85 bits per heavy atom. The van der Waals surface area contributed by atoms with Gasteiger partial charge in [0, 0.05) is 33.1 Å². The standard InChI is InChI=1S/C19H15Cl2FN2OS/c1-12-9-18(25)24(10-14-16(21)7-4-8-17(14)22)19(23-12)26-11-13-5-2-3-6-15(13)20/h2-9H,10-11H2,1H3. The molecule has 0 amide bonds. The molecule has 0 aliphatic carbocycles. The Balaban J connectivity index is 1.95. The molecule has 134 valence electrons. The van der Waals surface area contributed by atoms with Crippen LogP contribution in [-0.2, 0) is 12.3 Å². The third-order valence-corrected chi connectivity index (χ3v) is 5.54. The van der Waals surface area contributed by atoms with Crippen LogP contribution in [0.15, 0.2) is 58.5 Å². The van der Waals surface area contributed by atoms with Gasteiger partial charge in [0.25, 0.3) is 5.56 Å². The monoisotopic (exact) mass is 408 g/mol. The summed E-state index contributed by atoms with van der Waals surface area (Å²) in [5.41, 5.74) is 1.55. The van der Waals surface area contributed by atoms with Gasteiger partial charge in [0.1, 0.15) is 5.82 Å². The van der Waals surface area contributed by atoms with Gasteiger partial charge in [0.05, 0.1) is 6.54 Å². The molecule has 0 bridgehead atoms. The highest BCUT2D eigenvalue weighted by Gasteiger charge is 2.14. The normalized spacial score (nSPS) is 10.9. The maximum Gasteiger partial charge on any atom is 0.254 e. The van der Waals surface area contributed by atoms with Gasteiger partial charge in [-0.05, 0) is 30.7 Å². The van der Waals surface area contributed by atoms with Crippen molar-refractivity contribution in [1.82, 2.24) is 9.55 Å². The minimum atomic E-state index is -0.452. The SMILES string of the molecule is Cc1cc(=O)n(Cc2c(F)cccc2Cl)c(SCc2ccccc2Cl)n1. The number of nitrogens with zero attached hydrogens (tertiary/aromatic N) is 2. The molecule has 3 rings (SSSR count). The quantitative estimate of drug-likeness (QED) is 0.422. The van der Waals surface area contributed by atoms with Crippen molar-refractivity contribution in [2.45, 2.75) is 24.4 Å². The minimum absolute atomic E-state index is 0.0163. The zero-order valence-electron chi connectivity index (χ0n) is 13.9. The molecule has 0 aliphatic rings. The van der Waals surface area contributed by atoms with Crippen LogP contribution in [0.25, 0.3) is 0 Å². The Morgan fingerprint density at radius 1 is 1.12 bits per heavy atom. The molecular formula is C19H15Cl2FN2OS. The molecule has 0 saturated carbocycles. The Bertz CT molecular complexity index is 987. The van der Waals surface area contributed by atoms with Crippen molar-refractivity contribution in [3.8, 4) is 0 Å². The number of aromatic nitrogens is 2. The first kappa shape index (κ1) is 19.0. The van der Waals surface area contributed by atoms with E-state index in [4.69, 9.17) is 23.2 Å². The summed E-state index contributed by atoms with van der Waals surface area (Å²) in [5, 5.41) is 1.42. The molecule has 26 heavy (non-hydrogen) atoms. The van der Waals surface area contributed by atoms with Gasteiger partial charge in [0.2, 0.25) is 0 Å². The third kappa shape index (κ3) is 4.29. The van der Waals surface area contributed by atoms with Crippen LogP contribution in [0.2, 0.25) is 10.0 Å². The van der Waals surface area contributed by atoms with Gasteiger partial charge in [-0.15, -0.1) is 0 Å². The van der Waals surface area contributed by atoms with Crippen LogP contribution in [0.5, 0.6) is 0 Å². The molecule has 3 aromatic rings. The first-order valence-electron chi connectivity index (χ1n) is 7.83. The highest BCUT2D eigenvalue weighted by Crippen LogP contribution is 2.26. The van der Waals surface area contributed by atoms with E-state index < -0.39 is 5.82 Å². The first-order chi connectivity index (χ1) is 12.5. The Hall–Kier alpha value is -1.82. The average molecular weight is 409 g/mol. The second kappa shape index (κ2) is 8.25. The first-order valence-corrected chi connectivity index (χ1v) is 9.57. The van der Waals surface area contributed by atoms with Crippen molar-refractivity contribution in [2.75, 3.05) is 0 Å². The average Bonchev–Trinajstić information content (AvgIpc) is 2.59. The van der Waals surface area contributed by atoms with Crippen LogP contribution in [0.4, 0.5) is 4.39 Å². The lowest BCUT2D eigenvalue weighted by atomic mass is 10.2. The number of rotatable bonds is 5. The highest BCUT2D eigenvalue weighted by atomic mass is 35.5. The van der Waals surface area contributed by atoms with Crippen molar-refractivity contribution in [2.24, 2.45) is 0 Å². The molecule has 0 saturated heterocycles. The molecule has 1 aromatic heterocycles. The second-order valence-electron chi connectivity index (χ2n) is 5.68. The fourth-order valence-electron chi connectivity index (χ4n) is 2.45. The number of thioether (sulfide) groups is 1. The fraction of sp³-hybridized carbons (Fsp3) is 0.158. The summed E-state index contributed by atoms with van der Waals surface area (Å²) < 4.78 is 15.6. The second-order valence-corrected chi connectivity index (χ2v) is 7.44. The molecule has 1 heterocycles. The van der Waals surface area contributed by atoms with E-state index in [2.05, 4.69) is 4.98 Å². The van der Waals surface area contributed by atoms with Crippen molar-refractivity contribution >= 4 is 35.0 Å². The Labute approximate surface area is 164 Å². The highest BCUT2D eigenvalue weighted by molar-refractivity contribution is 7.98. The van der Waals surface area contributed by atoms with Gasteiger partial charge in [-0.2, -0.15) is 0 Å². The van der Waals surface area contributed by atoms with Crippen LogP contribution in [0.3, 0.4) is 0 Å². The van der Waals surface area contributed by atoms with E-state index in [1.54, 1.807) is 13.0 Å². The summed E-state index contributed by atoms with van der Waals surface area (Å²) in [5.74, 6) is 0.0904. The summed E-state index contributed by atoms with van der Waals surface area (Å²) >= 11 is 13.7. The Kier molecular flexibility index (Phi) is 6.01. The molecule has 0 atom stereocenters. The Morgan fingerprint density at radius 3 is 2.58 bits per heavy atom. The topological polar surface area (TPSA) is 34.9 Å². The number of hydrogen-bond acceptors (Lipinski definition) is 3. The number of benzene rings is 2. The van der Waals surface area contributed by atoms with Crippen molar-refractivity contribution in [3.05, 3.63) is 91.6 Å². The van der Waals surface area contributed by atoms with E-state index in [0.717, 1.165) is 5.56 Å². The summed E-state index contributed by atoms with van der Waals surface area (Å²) in [6.07, 6.45) is 0. The maximum absolute atomic E-state index is 14.1. The lowest BCUT2D eigenvalue weighted by molar-refractivity contribution is 0.574. The van der Waals surface area contributed by atoms with Gasteiger partial charge in [-0.3, -0.25) is 9.36 Å². The molecule has 0 unspecified atom stereocenters. The van der Waals surface area contributed by atoms with Crippen LogP contribution in [0.1, 0.15) is 16.8 Å². The zero-order valence-corrected chi connectivity index (χ0v) is 16.2. The largest absolute Gasteiger partial charge is 0.283 e. The van der Waals surface area contributed by atoms with Gasteiger partial charge in [-0.25, -0.2) is 9.37 Å². The number of halogens is 3. The molecule has 3 nitrogen and oxygen atoms in total. The molecule has 0 aliphatic heterocycles. The van der Waals surface area contributed by atoms with Crippen molar-refractivity contribution < 1.29 is 4.39 Å². The smallest absolute Gasteiger partial charge is 0.254 e. The van der Waals surface area contributed by atoms with E-state index in [0.29, 0.717) is 21.6 Å². The minimum Gasteiger partial charge on any atom is -0.283 e. The summed E-state index contributed by atoms with van der Waals surface area (Å²) in [7, 11) is 0. The summed E-state index contributed by atoms with van der Waals surface area (Å²) in [6.45, 7) is 1.77. The third-order valence-electron chi connectivity index (χ3n) is 3.79. The number of hydrogen-bond donors (Lipinski definition) is 0. The van der Waals surface area contributed by atoms with E-state index in [1.807, 2.05) is 24.3 Å². The fourth-order valence-corrected chi connectivity index (χ4v) is 4.01. The van der Waals surface area contributed by atoms with E-state index in [9.17, 15) is 9.18 Å². The lowest BCUT2D eigenvalue weighted by Crippen LogP contribution is -2.24. The summed E-state index contributed by atoms with van der Waals surface area (Å²) in [6, 6.07) is 13.4. The van der Waals surface area contributed by atoms with E-state index in [-0.39, 0.29) is 22.7 Å². The molecule has 0 fully saturated rings. The lowest BCUT2D eigenvalue weighted by Gasteiger charge is -2.14. The summed E-state index contributed by atoms with van der Waals surface area (Å²) in [4.78, 5) is 16.9. The van der Waals surface area contributed by atoms with E-state index in [1.165, 1.54) is 34.5 Å². The van der Waals surface area contributed by atoms with Gasteiger partial charge in [-0.1, -0.05) is 59.2 Å². The maximum atomic E-state index is 14.1. The number of aryl methyl sites for hydroxylation is 1. The zero-order chi connectivity index (χ0) is 18.7. The van der Waals surface area contributed by atoms with Gasteiger partial charge < -0.3 is 0 Å². The van der Waals surface area contributed by atoms with Crippen LogP contribution in [0, 0.1) is 12.7 Å². The molecule has 2 aromatic carbocycles.